The Kier molecular flexibility index (Phi) is 5.63. The fourth-order valence-electron chi connectivity index (χ4n) is 3.85. The number of benzene rings is 1. The van der Waals surface area contributed by atoms with Crippen LogP contribution in [0.1, 0.15) is 43.3 Å². The van der Waals surface area contributed by atoms with Crippen LogP contribution in [0.15, 0.2) is 55.1 Å². The molecule has 1 aliphatic heterocycles. The Morgan fingerprint density at radius 3 is 2.39 bits per heavy atom. The average Bonchev–Trinajstić information content (AvgIpc) is 3.28. The molecule has 1 atom stereocenters. The van der Waals surface area contributed by atoms with E-state index in [1.807, 2.05) is 6.92 Å². The minimum Gasteiger partial charge on any atom is -0.458 e. The molecule has 0 amide bonds. The van der Waals surface area contributed by atoms with E-state index in [4.69, 9.17) is 8.94 Å². The molecule has 176 valence electrons. The number of nitrogens with one attached hydrogen (secondary N) is 1. The van der Waals surface area contributed by atoms with Gasteiger partial charge in [-0.2, -0.15) is 9.29 Å². The first-order valence-corrected chi connectivity index (χ1v) is 13.7. The molecule has 0 radical (unpaired) electrons. The first-order chi connectivity index (χ1) is 15.7. The van der Waals surface area contributed by atoms with Crippen LogP contribution in [0.5, 0.6) is 0 Å². The van der Waals surface area contributed by atoms with Crippen molar-refractivity contribution in [2.75, 3.05) is 13.1 Å². The van der Waals surface area contributed by atoms with E-state index in [2.05, 4.69) is 14.9 Å². The summed E-state index contributed by atoms with van der Waals surface area (Å²) in [5, 5.41) is 3.97. The molecule has 1 aromatic carbocycles. The summed E-state index contributed by atoms with van der Waals surface area (Å²) in [6.07, 6.45) is 3.00. The van der Waals surface area contributed by atoms with Crippen LogP contribution >= 0.6 is 0 Å². The zero-order valence-corrected chi connectivity index (χ0v) is 19.6. The average molecular weight is 493 g/mol. The zero-order chi connectivity index (χ0) is 23.2. The van der Waals surface area contributed by atoms with Crippen molar-refractivity contribution in [3.63, 3.8) is 0 Å². The van der Waals surface area contributed by atoms with E-state index in [-0.39, 0.29) is 28.3 Å². The first-order valence-electron chi connectivity index (χ1n) is 10.8. The normalized spacial score (nSPS) is 20.2. The number of nitrogens with zero attached hydrogens (tertiary/aromatic N) is 3. The van der Waals surface area contributed by atoms with Crippen LogP contribution in [0, 0.1) is 6.92 Å². The van der Waals surface area contributed by atoms with Crippen LogP contribution in [-0.4, -0.2) is 50.4 Å². The second kappa shape index (κ2) is 8.35. The molecule has 1 N–H and O–H groups in total. The van der Waals surface area contributed by atoms with Crippen LogP contribution < -0.4 is 4.72 Å². The van der Waals surface area contributed by atoms with E-state index in [1.165, 1.54) is 28.6 Å². The van der Waals surface area contributed by atoms with Crippen LogP contribution in [0.2, 0.25) is 0 Å². The zero-order valence-electron chi connectivity index (χ0n) is 18.0. The predicted molar refractivity (Wildman–Crippen MR) is 117 cm³/mol. The number of furan rings is 1. The van der Waals surface area contributed by atoms with Crippen molar-refractivity contribution < 1.29 is 25.8 Å². The van der Waals surface area contributed by atoms with Gasteiger partial charge in [-0.05, 0) is 69.0 Å². The summed E-state index contributed by atoms with van der Waals surface area (Å²) in [4.78, 5) is 4.51. The predicted octanol–water partition coefficient (Wildman–Crippen LogP) is 2.65. The third kappa shape index (κ3) is 4.60. The molecule has 2 aromatic heterocycles. The largest absolute Gasteiger partial charge is 0.458 e. The molecule has 3 aromatic rings. The molecule has 12 heteroatoms. The second-order valence-corrected chi connectivity index (χ2v) is 12.1. The molecule has 2 aliphatic rings. The van der Waals surface area contributed by atoms with Gasteiger partial charge in [-0.25, -0.2) is 21.6 Å². The van der Waals surface area contributed by atoms with Gasteiger partial charge in [-0.15, -0.1) is 0 Å². The smallest absolute Gasteiger partial charge is 0.243 e. The summed E-state index contributed by atoms with van der Waals surface area (Å²) < 4.78 is 66.0. The Bertz CT molecular complexity index is 1360. The summed E-state index contributed by atoms with van der Waals surface area (Å²) in [5.41, 5.74) is 0. The lowest BCUT2D eigenvalue weighted by Gasteiger charge is -2.30. The summed E-state index contributed by atoms with van der Waals surface area (Å²) in [6, 6.07) is 8.87. The Labute approximate surface area is 192 Å². The van der Waals surface area contributed by atoms with Crippen LogP contribution in [0.25, 0.3) is 11.6 Å². The van der Waals surface area contributed by atoms with Gasteiger partial charge in [0.25, 0.3) is 0 Å². The molecule has 0 bridgehead atoms. The molecule has 5 rings (SSSR count). The van der Waals surface area contributed by atoms with Crippen molar-refractivity contribution in [2.24, 2.45) is 0 Å². The van der Waals surface area contributed by atoms with Crippen molar-refractivity contribution in [3.05, 3.63) is 48.0 Å². The standard InChI is InChI=1S/C21H24N4O6S2/c1-14-4-11-19(30-14)20-22-21(31-23-20)15-3-2-12-25(13-15)33(28,29)18-9-7-17(8-10-18)32(26,27)24-16-5-6-16/h4,7-11,15-16,24H,2-3,5-6,12-13H2,1H3. The van der Waals surface area contributed by atoms with Crippen molar-refractivity contribution in [3.8, 4) is 11.6 Å². The third-order valence-corrected chi connectivity index (χ3v) is 9.22. The van der Waals surface area contributed by atoms with Crippen molar-refractivity contribution in [1.82, 2.24) is 19.2 Å². The quantitative estimate of drug-likeness (QED) is 0.532. The molecule has 1 saturated carbocycles. The van der Waals surface area contributed by atoms with Gasteiger partial charge in [-0.3, -0.25) is 0 Å². The molecule has 3 heterocycles. The minimum atomic E-state index is -3.81. The topological polar surface area (TPSA) is 136 Å². The van der Waals surface area contributed by atoms with E-state index in [0.717, 1.165) is 25.0 Å². The summed E-state index contributed by atoms with van der Waals surface area (Å²) >= 11 is 0. The number of hydrogen-bond acceptors (Lipinski definition) is 8. The van der Waals surface area contributed by atoms with Gasteiger partial charge in [0.2, 0.25) is 31.8 Å². The Hall–Kier alpha value is -2.54. The Morgan fingerprint density at radius 1 is 1.00 bits per heavy atom. The highest BCUT2D eigenvalue weighted by Gasteiger charge is 2.34. The SMILES string of the molecule is Cc1ccc(-c2noc(C3CCCN(S(=O)(=O)c4ccc(S(=O)(=O)NC5CC5)cc4)C3)n2)o1. The van der Waals surface area contributed by atoms with E-state index in [1.54, 1.807) is 12.1 Å². The highest BCUT2D eigenvalue weighted by atomic mass is 32.2. The molecule has 1 aliphatic carbocycles. The Morgan fingerprint density at radius 2 is 1.73 bits per heavy atom. The number of sulfonamides is 2. The lowest BCUT2D eigenvalue weighted by molar-refractivity contribution is 0.265. The van der Waals surface area contributed by atoms with Crippen LogP contribution in [0.3, 0.4) is 0 Å². The number of piperidine rings is 1. The first kappa shape index (κ1) is 22.3. The van der Waals surface area contributed by atoms with Crippen molar-refractivity contribution >= 4 is 20.0 Å². The number of hydrogen-bond donors (Lipinski definition) is 1. The van der Waals surface area contributed by atoms with Gasteiger partial charge < -0.3 is 8.94 Å². The molecule has 1 unspecified atom stereocenters. The monoisotopic (exact) mass is 492 g/mol. The van der Waals surface area contributed by atoms with Crippen molar-refractivity contribution in [2.45, 2.75) is 54.4 Å². The van der Waals surface area contributed by atoms with Gasteiger partial charge in [0.1, 0.15) is 5.76 Å². The summed E-state index contributed by atoms with van der Waals surface area (Å²) in [5.74, 6) is 1.68. The van der Waals surface area contributed by atoms with Gasteiger partial charge in [0.05, 0.1) is 15.7 Å². The maximum atomic E-state index is 13.2. The summed E-state index contributed by atoms with van der Waals surface area (Å²) in [6.45, 7) is 2.38. The maximum Gasteiger partial charge on any atom is 0.243 e. The molecule has 2 fully saturated rings. The number of aryl methyl sites for hydroxylation is 1. The fraction of sp³-hybridized carbons (Fsp3) is 0.429. The summed E-state index contributed by atoms with van der Waals surface area (Å²) in [7, 11) is -7.45. The van der Waals surface area contributed by atoms with Crippen LogP contribution in [-0.2, 0) is 20.0 Å². The van der Waals surface area contributed by atoms with Gasteiger partial charge in [0.15, 0.2) is 5.76 Å². The second-order valence-electron chi connectivity index (χ2n) is 8.44. The number of rotatable bonds is 7. The number of aromatic nitrogens is 2. The van der Waals surface area contributed by atoms with E-state index in [9.17, 15) is 16.8 Å². The van der Waals surface area contributed by atoms with Gasteiger partial charge in [0, 0.05) is 19.1 Å². The molecular weight excluding hydrogens is 468 g/mol. The van der Waals surface area contributed by atoms with Gasteiger partial charge >= 0.3 is 0 Å². The third-order valence-electron chi connectivity index (χ3n) is 5.81. The van der Waals surface area contributed by atoms with Gasteiger partial charge in [-0.1, -0.05) is 5.16 Å². The lowest BCUT2D eigenvalue weighted by Crippen LogP contribution is -2.39. The van der Waals surface area contributed by atoms with Crippen molar-refractivity contribution in [1.29, 1.82) is 0 Å². The fourth-order valence-corrected chi connectivity index (χ4v) is 6.68. The molecule has 10 nitrogen and oxygen atoms in total. The molecule has 0 spiro atoms. The molecule has 1 saturated heterocycles. The maximum absolute atomic E-state index is 13.2. The van der Waals surface area contributed by atoms with E-state index >= 15 is 0 Å². The minimum absolute atomic E-state index is 0.0225. The lowest BCUT2D eigenvalue weighted by atomic mass is 10.00. The Balaban J connectivity index is 1.32. The highest BCUT2D eigenvalue weighted by Crippen LogP contribution is 2.31. The van der Waals surface area contributed by atoms with E-state index in [0.29, 0.717) is 30.4 Å². The molecular formula is C21H24N4O6S2. The highest BCUT2D eigenvalue weighted by molar-refractivity contribution is 7.89. The van der Waals surface area contributed by atoms with Crippen LogP contribution in [0.4, 0.5) is 0 Å². The molecule has 33 heavy (non-hydrogen) atoms. The van der Waals surface area contributed by atoms with E-state index < -0.39 is 20.0 Å².